The Morgan fingerprint density at radius 3 is 2.55 bits per heavy atom. The van der Waals surface area contributed by atoms with Crippen LogP contribution in [0.3, 0.4) is 0 Å². The highest BCUT2D eigenvalue weighted by Gasteiger charge is 2.33. The van der Waals surface area contributed by atoms with Crippen LogP contribution in [0.15, 0.2) is 29.3 Å². The Hall–Kier alpha value is -2.08. The van der Waals surface area contributed by atoms with Crippen molar-refractivity contribution in [2.75, 3.05) is 38.3 Å². The predicted octanol–water partition coefficient (Wildman–Crippen LogP) is 3.47. The fraction of sp³-hybridized carbons (Fsp3) is 0.652. The molecule has 1 aromatic carbocycles. The lowest BCUT2D eigenvalue weighted by molar-refractivity contribution is -0.117. The van der Waals surface area contributed by atoms with Crippen molar-refractivity contribution in [3.63, 3.8) is 0 Å². The lowest BCUT2D eigenvalue weighted by atomic mass is 9.83. The first-order valence-electron chi connectivity index (χ1n) is 11.1. The first-order chi connectivity index (χ1) is 14.2. The Kier molecular flexibility index (Phi) is 7.92. The highest BCUT2D eigenvalue weighted by Crippen LogP contribution is 2.40. The Balaban J connectivity index is 1.57. The van der Waals surface area contributed by atoms with Gasteiger partial charge in [-0.15, -0.1) is 0 Å². The quantitative estimate of drug-likeness (QED) is 0.492. The second-order valence-corrected chi connectivity index (χ2v) is 8.31. The minimum absolute atomic E-state index is 0.226. The van der Waals surface area contributed by atoms with Gasteiger partial charge in [0, 0.05) is 45.5 Å². The molecule has 2 N–H and O–H groups in total. The summed E-state index contributed by atoms with van der Waals surface area (Å²) in [6, 6.07) is 8.22. The minimum Gasteiger partial charge on any atom is -0.385 e. The summed E-state index contributed by atoms with van der Waals surface area (Å²) < 4.78 is 5.34. The number of carbonyl (C=O) groups is 1. The molecule has 160 valence electrons. The summed E-state index contributed by atoms with van der Waals surface area (Å²) >= 11 is 0. The molecule has 1 heterocycles. The van der Waals surface area contributed by atoms with Gasteiger partial charge in [0.1, 0.15) is 0 Å². The van der Waals surface area contributed by atoms with E-state index in [1.54, 1.807) is 7.11 Å². The average Bonchev–Trinajstić information content (AvgIpc) is 3.38. The maximum atomic E-state index is 11.9. The van der Waals surface area contributed by atoms with Crippen molar-refractivity contribution < 1.29 is 9.53 Å². The van der Waals surface area contributed by atoms with E-state index in [9.17, 15) is 4.79 Å². The number of methoxy groups -OCH3 is 1. The molecule has 0 atom stereocenters. The number of hydrogen-bond donors (Lipinski definition) is 2. The largest absolute Gasteiger partial charge is 0.385 e. The molecule has 0 bridgehead atoms. The van der Waals surface area contributed by atoms with Gasteiger partial charge in [-0.25, -0.2) is 4.99 Å². The fourth-order valence-corrected chi connectivity index (χ4v) is 4.44. The summed E-state index contributed by atoms with van der Waals surface area (Å²) in [6.45, 7) is 6.14. The first kappa shape index (κ1) is 21.6. The van der Waals surface area contributed by atoms with Crippen LogP contribution in [0.5, 0.6) is 0 Å². The Morgan fingerprint density at radius 1 is 1.17 bits per heavy atom. The number of rotatable bonds is 9. The average molecular weight is 401 g/mol. The van der Waals surface area contributed by atoms with Gasteiger partial charge < -0.3 is 20.3 Å². The zero-order valence-electron chi connectivity index (χ0n) is 18.0. The van der Waals surface area contributed by atoms with Gasteiger partial charge in [0.05, 0.1) is 6.54 Å². The third-order valence-electron chi connectivity index (χ3n) is 6.22. The van der Waals surface area contributed by atoms with Gasteiger partial charge in [-0.05, 0) is 55.7 Å². The highest BCUT2D eigenvalue weighted by molar-refractivity contribution is 5.95. The monoisotopic (exact) mass is 400 g/mol. The van der Waals surface area contributed by atoms with Gasteiger partial charge in [-0.1, -0.05) is 25.0 Å². The molecule has 3 rings (SSSR count). The molecule has 1 saturated carbocycles. The number of guanidine groups is 1. The van der Waals surface area contributed by atoms with Crippen LogP contribution in [0.1, 0.15) is 57.4 Å². The Labute approximate surface area is 175 Å². The summed E-state index contributed by atoms with van der Waals surface area (Å²) in [6.07, 6.45) is 7.87. The summed E-state index contributed by atoms with van der Waals surface area (Å²) in [5.74, 6) is 1.10. The van der Waals surface area contributed by atoms with Crippen molar-refractivity contribution in [3.05, 3.63) is 29.8 Å². The van der Waals surface area contributed by atoms with E-state index in [2.05, 4.69) is 29.7 Å². The van der Waals surface area contributed by atoms with E-state index < -0.39 is 0 Å². The second-order valence-electron chi connectivity index (χ2n) is 8.31. The smallest absolute Gasteiger partial charge is 0.227 e. The first-order valence-corrected chi connectivity index (χ1v) is 11.1. The molecule has 1 aliphatic carbocycles. The molecule has 1 aromatic rings. The van der Waals surface area contributed by atoms with Crippen molar-refractivity contribution in [1.82, 2.24) is 10.6 Å². The van der Waals surface area contributed by atoms with Crippen LogP contribution in [0.4, 0.5) is 5.69 Å². The summed E-state index contributed by atoms with van der Waals surface area (Å²) in [5.41, 5.74) is 2.47. The van der Waals surface area contributed by atoms with Gasteiger partial charge in [0.25, 0.3) is 0 Å². The number of aliphatic imine (C=N–C) groups is 1. The maximum Gasteiger partial charge on any atom is 0.227 e. The molecule has 1 saturated heterocycles. The zero-order chi connectivity index (χ0) is 20.5. The second kappa shape index (κ2) is 10.6. The molecular weight excluding hydrogens is 364 g/mol. The summed E-state index contributed by atoms with van der Waals surface area (Å²) in [5, 5.41) is 6.94. The molecule has 1 amide bonds. The summed E-state index contributed by atoms with van der Waals surface area (Å²) in [4.78, 5) is 18.6. The zero-order valence-corrected chi connectivity index (χ0v) is 18.0. The molecule has 6 heteroatoms. The third-order valence-corrected chi connectivity index (χ3v) is 6.22. The normalized spacial score (nSPS) is 19.0. The van der Waals surface area contributed by atoms with Crippen molar-refractivity contribution in [1.29, 1.82) is 0 Å². The van der Waals surface area contributed by atoms with Crippen molar-refractivity contribution in [2.24, 2.45) is 10.4 Å². The number of carbonyl (C=O) groups excluding carboxylic acids is 1. The molecule has 6 nitrogen and oxygen atoms in total. The highest BCUT2D eigenvalue weighted by atomic mass is 16.5. The van der Waals surface area contributed by atoms with Crippen LogP contribution < -0.4 is 15.5 Å². The van der Waals surface area contributed by atoms with Gasteiger partial charge in [0.15, 0.2) is 5.96 Å². The van der Waals surface area contributed by atoms with Crippen LogP contribution in [-0.4, -0.2) is 45.2 Å². The van der Waals surface area contributed by atoms with E-state index in [0.717, 1.165) is 56.3 Å². The van der Waals surface area contributed by atoms with E-state index in [1.165, 1.54) is 25.7 Å². The number of nitrogens with one attached hydrogen (secondary N) is 2. The van der Waals surface area contributed by atoms with Gasteiger partial charge in [-0.3, -0.25) is 4.79 Å². The van der Waals surface area contributed by atoms with Crippen LogP contribution >= 0.6 is 0 Å². The molecule has 1 aliphatic heterocycles. The van der Waals surface area contributed by atoms with Crippen molar-refractivity contribution >= 4 is 17.6 Å². The van der Waals surface area contributed by atoms with E-state index in [0.29, 0.717) is 18.4 Å². The van der Waals surface area contributed by atoms with Crippen molar-refractivity contribution in [2.45, 2.75) is 58.4 Å². The third kappa shape index (κ3) is 5.95. The molecule has 2 aliphatic rings. The fourth-order valence-electron chi connectivity index (χ4n) is 4.44. The molecule has 0 radical (unpaired) electrons. The van der Waals surface area contributed by atoms with E-state index in [-0.39, 0.29) is 5.91 Å². The Morgan fingerprint density at radius 2 is 1.93 bits per heavy atom. The van der Waals surface area contributed by atoms with Crippen LogP contribution in [0, 0.1) is 5.41 Å². The van der Waals surface area contributed by atoms with Crippen LogP contribution in [-0.2, 0) is 16.1 Å². The van der Waals surface area contributed by atoms with Crippen LogP contribution in [0.25, 0.3) is 0 Å². The molecule has 0 spiro atoms. The number of nitrogens with zero attached hydrogens (tertiary/aromatic N) is 2. The SMILES string of the molecule is CCNC(=NCc1ccc(N2CCCC2=O)cc1)NCC1(CCOC)CCCC1. The van der Waals surface area contributed by atoms with E-state index >= 15 is 0 Å². The number of ether oxygens (including phenoxy) is 1. The lowest BCUT2D eigenvalue weighted by Gasteiger charge is -2.30. The van der Waals surface area contributed by atoms with E-state index in [1.807, 2.05) is 17.0 Å². The molecule has 0 aromatic heterocycles. The van der Waals surface area contributed by atoms with Gasteiger partial charge >= 0.3 is 0 Å². The molecule has 0 unspecified atom stereocenters. The Bertz CT molecular complexity index is 681. The number of anilines is 1. The number of benzene rings is 1. The van der Waals surface area contributed by atoms with E-state index in [4.69, 9.17) is 9.73 Å². The summed E-state index contributed by atoms with van der Waals surface area (Å²) in [7, 11) is 1.78. The molecule has 29 heavy (non-hydrogen) atoms. The molecule has 2 fully saturated rings. The molecular formula is C23H36N4O2. The van der Waals surface area contributed by atoms with Gasteiger partial charge in [0.2, 0.25) is 5.91 Å². The lowest BCUT2D eigenvalue weighted by Crippen LogP contribution is -2.43. The minimum atomic E-state index is 0.226. The maximum absolute atomic E-state index is 11.9. The van der Waals surface area contributed by atoms with Crippen molar-refractivity contribution in [3.8, 4) is 0 Å². The topological polar surface area (TPSA) is 66.0 Å². The van der Waals surface area contributed by atoms with Gasteiger partial charge in [-0.2, -0.15) is 0 Å². The number of amides is 1. The number of hydrogen-bond acceptors (Lipinski definition) is 3. The van der Waals surface area contributed by atoms with Crippen LogP contribution in [0.2, 0.25) is 0 Å². The standard InChI is InChI=1S/C23H36N4O2/c1-3-24-22(26-18-23(14-16-29-2)12-4-5-13-23)25-17-19-8-10-20(11-9-19)27-15-6-7-21(27)28/h8-11H,3-7,12-18H2,1-2H3,(H2,24,25,26). The predicted molar refractivity (Wildman–Crippen MR) is 118 cm³/mol.